The van der Waals surface area contributed by atoms with Gasteiger partial charge in [0.25, 0.3) is 0 Å². The average molecular weight is 267 g/mol. The first kappa shape index (κ1) is 15.3. The summed E-state index contributed by atoms with van der Waals surface area (Å²) in [6, 6.07) is 0. The van der Waals surface area contributed by atoms with Crippen LogP contribution in [-0.4, -0.2) is 51.2 Å². The molecule has 2 aliphatic rings. The lowest BCUT2D eigenvalue weighted by Gasteiger charge is -2.23. The Morgan fingerprint density at radius 3 is 2.63 bits per heavy atom. The van der Waals surface area contributed by atoms with Crippen molar-refractivity contribution in [3.05, 3.63) is 0 Å². The van der Waals surface area contributed by atoms with E-state index in [1.807, 2.05) is 0 Å². The van der Waals surface area contributed by atoms with Crippen molar-refractivity contribution >= 4 is 0 Å². The first-order valence-corrected chi connectivity index (χ1v) is 8.46. The minimum atomic E-state index is 0.936. The molecule has 0 bridgehead atoms. The molecule has 19 heavy (non-hydrogen) atoms. The molecule has 0 aromatic heterocycles. The maximum Gasteiger partial charge on any atom is 0.0107 e. The van der Waals surface area contributed by atoms with E-state index < -0.39 is 0 Å². The van der Waals surface area contributed by atoms with E-state index in [-0.39, 0.29) is 0 Å². The van der Waals surface area contributed by atoms with Crippen molar-refractivity contribution in [2.24, 2.45) is 11.8 Å². The van der Waals surface area contributed by atoms with Gasteiger partial charge in [-0.3, -0.25) is 0 Å². The molecule has 1 saturated carbocycles. The number of nitrogens with zero attached hydrogens (tertiary/aromatic N) is 1. The normalized spacial score (nSPS) is 26.1. The van der Waals surface area contributed by atoms with Crippen LogP contribution in [0.25, 0.3) is 0 Å². The number of hydrogen-bond acceptors (Lipinski definition) is 3. The molecule has 1 aliphatic carbocycles. The monoisotopic (exact) mass is 267 g/mol. The van der Waals surface area contributed by atoms with Crippen molar-refractivity contribution in [2.75, 3.05) is 46.3 Å². The van der Waals surface area contributed by atoms with Crippen LogP contribution in [-0.2, 0) is 0 Å². The standard InChI is InChI=1S/C16H33N3/c1-17-9-7-16-8-11-19(14-16)12-10-18-13-15-5-3-2-4-6-15/h15-18H,2-14H2,1H3. The maximum atomic E-state index is 3.69. The highest BCUT2D eigenvalue weighted by Crippen LogP contribution is 2.22. The number of rotatable bonds is 8. The van der Waals surface area contributed by atoms with E-state index in [9.17, 15) is 0 Å². The van der Waals surface area contributed by atoms with Gasteiger partial charge in [0.1, 0.15) is 0 Å². The van der Waals surface area contributed by atoms with E-state index in [0.29, 0.717) is 0 Å². The summed E-state index contributed by atoms with van der Waals surface area (Å²) in [7, 11) is 2.06. The topological polar surface area (TPSA) is 27.3 Å². The summed E-state index contributed by atoms with van der Waals surface area (Å²) in [5, 5.41) is 6.95. The van der Waals surface area contributed by atoms with Crippen LogP contribution in [0, 0.1) is 11.8 Å². The molecule has 0 aromatic carbocycles. The van der Waals surface area contributed by atoms with Gasteiger partial charge in [-0.25, -0.2) is 0 Å². The predicted octanol–water partition coefficient (Wildman–Crippen LogP) is 2.09. The van der Waals surface area contributed by atoms with Gasteiger partial charge >= 0.3 is 0 Å². The van der Waals surface area contributed by atoms with Crippen LogP contribution in [0.2, 0.25) is 0 Å². The van der Waals surface area contributed by atoms with Crippen LogP contribution in [0.5, 0.6) is 0 Å². The molecule has 2 fully saturated rings. The average Bonchev–Trinajstić information content (AvgIpc) is 2.90. The molecule has 2 N–H and O–H groups in total. The molecule has 1 saturated heterocycles. The Labute approximate surface area is 119 Å². The molecule has 0 amide bonds. The molecule has 3 heteroatoms. The maximum absolute atomic E-state index is 3.69. The largest absolute Gasteiger partial charge is 0.320 e. The summed E-state index contributed by atoms with van der Waals surface area (Å²) in [4.78, 5) is 2.65. The van der Waals surface area contributed by atoms with Gasteiger partial charge in [0.15, 0.2) is 0 Å². The zero-order valence-corrected chi connectivity index (χ0v) is 12.8. The lowest BCUT2D eigenvalue weighted by molar-refractivity contribution is 0.301. The SMILES string of the molecule is CNCCC1CCN(CCNCC2CCCCC2)C1. The van der Waals surface area contributed by atoms with E-state index in [0.717, 1.165) is 11.8 Å². The molecule has 1 heterocycles. The van der Waals surface area contributed by atoms with Crippen LogP contribution in [0.1, 0.15) is 44.9 Å². The minimum Gasteiger partial charge on any atom is -0.320 e. The second-order valence-corrected chi connectivity index (χ2v) is 6.56. The Morgan fingerprint density at radius 1 is 1.00 bits per heavy atom. The summed E-state index contributed by atoms with van der Waals surface area (Å²) in [5.74, 6) is 1.90. The van der Waals surface area contributed by atoms with E-state index in [1.54, 1.807) is 0 Å². The summed E-state index contributed by atoms with van der Waals surface area (Å²) in [6.07, 6.45) is 10.1. The molecule has 1 aliphatic heterocycles. The molecule has 1 atom stereocenters. The number of nitrogens with one attached hydrogen (secondary N) is 2. The highest BCUT2D eigenvalue weighted by atomic mass is 15.2. The summed E-state index contributed by atoms with van der Waals surface area (Å²) in [5.41, 5.74) is 0. The molecule has 3 nitrogen and oxygen atoms in total. The lowest BCUT2D eigenvalue weighted by Crippen LogP contribution is -2.33. The number of hydrogen-bond donors (Lipinski definition) is 2. The third kappa shape index (κ3) is 5.80. The van der Waals surface area contributed by atoms with Crippen molar-refractivity contribution in [1.82, 2.24) is 15.5 Å². The second-order valence-electron chi connectivity index (χ2n) is 6.56. The summed E-state index contributed by atoms with van der Waals surface area (Å²) < 4.78 is 0. The smallest absolute Gasteiger partial charge is 0.0107 e. The molecular weight excluding hydrogens is 234 g/mol. The lowest BCUT2D eigenvalue weighted by atomic mass is 9.89. The van der Waals surface area contributed by atoms with Gasteiger partial charge in [-0.1, -0.05) is 19.3 Å². The zero-order valence-electron chi connectivity index (χ0n) is 12.8. The Kier molecular flexibility index (Phi) is 7.18. The number of likely N-dealkylation sites (tertiary alicyclic amines) is 1. The van der Waals surface area contributed by atoms with Crippen molar-refractivity contribution < 1.29 is 0 Å². The van der Waals surface area contributed by atoms with E-state index in [4.69, 9.17) is 0 Å². The Balaban J connectivity index is 1.47. The Bertz CT molecular complexity index is 226. The van der Waals surface area contributed by atoms with Gasteiger partial charge in [-0.15, -0.1) is 0 Å². The second kappa shape index (κ2) is 8.93. The highest BCUT2D eigenvalue weighted by molar-refractivity contribution is 4.76. The van der Waals surface area contributed by atoms with E-state index in [2.05, 4.69) is 22.6 Å². The van der Waals surface area contributed by atoms with Gasteiger partial charge in [0, 0.05) is 19.6 Å². The van der Waals surface area contributed by atoms with Gasteiger partial charge in [0.2, 0.25) is 0 Å². The molecule has 2 rings (SSSR count). The van der Waals surface area contributed by atoms with Crippen molar-refractivity contribution in [1.29, 1.82) is 0 Å². The third-order valence-corrected chi connectivity index (χ3v) is 4.94. The fourth-order valence-corrected chi connectivity index (χ4v) is 3.63. The summed E-state index contributed by atoms with van der Waals surface area (Å²) in [6.45, 7) is 7.53. The van der Waals surface area contributed by atoms with Crippen LogP contribution < -0.4 is 10.6 Å². The quantitative estimate of drug-likeness (QED) is 0.660. The predicted molar refractivity (Wildman–Crippen MR) is 82.5 cm³/mol. The van der Waals surface area contributed by atoms with Crippen molar-refractivity contribution in [2.45, 2.75) is 44.9 Å². The highest BCUT2D eigenvalue weighted by Gasteiger charge is 2.21. The first-order valence-electron chi connectivity index (χ1n) is 8.46. The van der Waals surface area contributed by atoms with Gasteiger partial charge in [-0.2, -0.15) is 0 Å². The molecular formula is C16H33N3. The van der Waals surface area contributed by atoms with Crippen molar-refractivity contribution in [3.63, 3.8) is 0 Å². The molecule has 0 aromatic rings. The van der Waals surface area contributed by atoms with E-state index in [1.165, 1.54) is 84.2 Å². The zero-order chi connectivity index (χ0) is 13.3. The molecule has 0 radical (unpaired) electrons. The first-order chi connectivity index (χ1) is 9.38. The van der Waals surface area contributed by atoms with Crippen LogP contribution in [0.3, 0.4) is 0 Å². The van der Waals surface area contributed by atoms with Gasteiger partial charge < -0.3 is 15.5 Å². The van der Waals surface area contributed by atoms with Crippen LogP contribution >= 0.6 is 0 Å². The van der Waals surface area contributed by atoms with Gasteiger partial charge in [0.05, 0.1) is 0 Å². The fraction of sp³-hybridized carbons (Fsp3) is 1.00. The Hall–Kier alpha value is -0.120. The van der Waals surface area contributed by atoms with Crippen molar-refractivity contribution in [3.8, 4) is 0 Å². The molecule has 112 valence electrons. The van der Waals surface area contributed by atoms with Crippen LogP contribution in [0.4, 0.5) is 0 Å². The fourth-order valence-electron chi connectivity index (χ4n) is 3.63. The summed E-state index contributed by atoms with van der Waals surface area (Å²) >= 11 is 0. The molecule has 1 unspecified atom stereocenters. The minimum absolute atomic E-state index is 0.936. The van der Waals surface area contributed by atoms with Gasteiger partial charge in [-0.05, 0) is 64.2 Å². The van der Waals surface area contributed by atoms with Crippen LogP contribution in [0.15, 0.2) is 0 Å². The third-order valence-electron chi connectivity index (χ3n) is 4.94. The van der Waals surface area contributed by atoms with E-state index >= 15 is 0 Å². The Morgan fingerprint density at radius 2 is 1.84 bits per heavy atom. The molecule has 0 spiro atoms.